The van der Waals surface area contributed by atoms with Crippen molar-refractivity contribution in [3.8, 4) is 0 Å². The zero-order chi connectivity index (χ0) is 49.2. The highest BCUT2D eigenvalue weighted by atomic mass is 31.2. The molecule has 0 amide bonds. The smallest absolute Gasteiger partial charge is 0.462 e. The highest BCUT2D eigenvalue weighted by molar-refractivity contribution is 7.47. The summed E-state index contributed by atoms with van der Waals surface area (Å²) >= 11 is 0. The highest BCUT2D eigenvalue weighted by Crippen LogP contribution is 2.43. The maximum absolute atomic E-state index is 12.8. The molecule has 2 unspecified atom stereocenters. The predicted octanol–water partition coefficient (Wildman–Crippen LogP) is 17.0. The van der Waals surface area contributed by atoms with Gasteiger partial charge in [0.05, 0.1) is 27.7 Å². The Morgan fingerprint density at radius 2 is 0.821 bits per heavy atom. The molecule has 2 atom stereocenters. The Morgan fingerprint density at radius 3 is 1.22 bits per heavy atom. The minimum Gasteiger partial charge on any atom is -0.462 e. The lowest BCUT2D eigenvalue weighted by molar-refractivity contribution is -0.870. The standard InChI is InChI=1S/C57H106NO8P/c1-6-8-10-12-14-16-18-20-22-23-24-25-26-27-28-29-30-31-32-33-34-35-36-38-40-42-44-46-48-50-57(60)66-55(54-65-67(61,62)64-52-51-58(3,4)5)53-63-56(59)49-47-45-43-41-39-37-21-19-17-15-13-11-9-7-2/h13,15,18-21,23-24,55H,6-12,14,16-17,22,25-54H2,1-5H3/p+1/b15-13-,20-18-,21-19-,24-23-. The van der Waals surface area contributed by atoms with Crippen molar-refractivity contribution in [1.29, 1.82) is 0 Å². The fraction of sp³-hybridized carbons (Fsp3) is 0.825. The lowest BCUT2D eigenvalue weighted by Crippen LogP contribution is -2.37. The molecule has 0 aliphatic heterocycles. The number of carbonyl (C=O) groups is 2. The number of allylic oxidation sites excluding steroid dienone is 8. The summed E-state index contributed by atoms with van der Waals surface area (Å²) in [4.78, 5) is 35.6. The van der Waals surface area contributed by atoms with Crippen LogP contribution < -0.4 is 0 Å². The monoisotopic (exact) mass is 965 g/mol. The maximum atomic E-state index is 12.8. The summed E-state index contributed by atoms with van der Waals surface area (Å²) in [6.45, 7) is 4.38. The van der Waals surface area contributed by atoms with Gasteiger partial charge in [-0.2, -0.15) is 0 Å². The molecule has 0 saturated heterocycles. The summed E-state index contributed by atoms with van der Waals surface area (Å²) in [7, 11) is 1.47. The fourth-order valence-electron chi connectivity index (χ4n) is 7.71. The molecule has 0 bridgehead atoms. The number of esters is 2. The molecular formula is C57H107NO8P+. The molecule has 0 aromatic carbocycles. The van der Waals surface area contributed by atoms with E-state index in [1.807, 2.05) is 21.1 Å². The largest absolute Gasteiger partial charge is 0.472 e. The normalized spacial score (nSPS) is 13.7. The zero-order valence-corrected chi connectivity index (χ0v) is 45.3. The number of hydrogen-bond acceptors (Lipinski definition) is 7. The summed E-state index contributed by atoms with van der Waals surface area (Å²) in [5.74, 6) is -0.807. The van der Waals surface area contributed by atoms with Crippen molar-refractivity contribution >= 4 is 19.8 Å². The number of quaternary nitrogens is 1. The molecule has 0 spiro atoms. The van der Waals surface area contributed by atoms with Gasteiger partial charge in [0.15, 0.2) is 6.10 Å². The molecule has 67 heavy (non-hydrogen) atoms. The summed E-state index contributed by atoms with van der Waals surface area (Å²) in [5.41, 5.74) is 0. The number of unbranched alkanes of at least 4 members (excludes halogenated alkanes) is 29. The quantitative estimate of drug-likeness (QED) is 0.0211. The van der Waals surface area contributed by atoms with Crippen molar-refractivity contribution < 1.29 is 42.1 Å². The van der Waals surface area contributed by atoms with E-state index in [2.05, 4.69) is 62.5 Å². The highest BCUT2D eigenvalue weighted by Gasteiger charge is 2.27. The van der Waals surface area contributed by atoms with E-state index >= 15 is 0 Å². The van der Waals surface area contributed by atoms with Gasteiger partial charge in [0.25, 0.3) is 0 Å². The van der Waals surface area contributed by atoms with Crippen molar-refractivity contribution in [3.63, 3.8) is 0 Å². The van der Waals surface area contributed by atoms with Gasteiger partial charge in [0.2, 0.25) is 0 Å². The number of phosphoric acid groups is 1. The van der Waals surface area contributed by atoms with Crippen molar-refractivity contribution in [3.05, 3.63) is 48.6 Å². The van der Waals surface area contributed by atoms with E-state index in [0.29, 0.717) is 17.4 Å². The number of carbonyl (C=O) groups excluding carboxylic acids is 2. The van der Waals surface area contributed by atoms with Crippen molar-refractivity contribution in [2.45, 2.75) is 258 Å². The summed E-state index contributed by atoms with van der Waals surface area (Å²) in [6, 6.07) is 0. The van der Waals surface area contributed by atoms with Gasteiger partial charge in [-0.25, -0.2) is 4.57 Å². The maximum Gasteiger partial charge on any atom is 0.472 e. The average Bonchev–Trinajstić information content (AvgIpc) is 3.29. The fourth-order valence-corrected chi connectivity index (χ4v) is 8.45. The van der Waals surface area contributed by atoms with Gasteiger partial charge >= 0.3 is 19.8 Å². The number of rotatable bonds is 51. The number of nitrogens with zero attached hydrogens (tertiary/aromatic N) is 1. The van der Waals surface area contributed by atoms with Crippen LogP contribution in [0.3, 0.4) is 0 Å². The van der Waals surface area contributed by atoms with E-state index in [1.54, 1.807) is 0 Å². The van der Waals surface area contributed by atoms with E-state index in [4.69, 9.17) is 18.5 Å². The second-order valence-electron chi connectivity index (χ2n) is 20.0. The predicted molar refractivity (Wildman–Crippen MR) is 284 cm³/mol. The molecule has 0 aromatic heterocycles. The molecule has 0 aromatic rings. The molecule has 0 rings (SSSR count). The van der Waals surface area contributed by atoms with E-state index in [-0.39, 0.29) is 32.0 Å². The van der Waals surface area contributed by atoms with E-state index in [9.17, 15) is 19.0 Å². The third-order valence-electron chi connectivity index (χ3n) is 12.1. The molecule has 0 fully saturated rings. The van der Waals surface area contributed by atoms with Gasteiger partial charge in [-0.3, -0.25) is 18.6 Å². The molecule has 9 nitrogen and oxygen atoms in total. The summed E-state index contributed by atoms with van der Waals surface area (Å²) in [6.07, 6.45) is 60.4. The Hall–Kier alpha value is -2.03. The van der Waals surface area contributed by atoms with Gasteiger partial charge in [0.1, 0.15) is 19.8 Å². The Bertz CT molecular complexity index is 1270. The molecule has 10 heteroatoms. The molecule has 0 aliphatic carbocycles. The van der Waals surface area contributed by atoms with Crippen LogP contribution in [0.15, 0.2) is 48.6 Å². The van der Waals surface area contributed by atoms with Gasteiger partial charge in [0, 0.05) is 12.8 Å². The number of hydrogen-bond donors (Lipinski definition) is 1. The molecular weight excluding hydrogens is 858 g/mol. The Labute approximate surface area is 414 Å². The van der Waals surface area contributed by atoms with Crippen LogP contribution in [-0.2, 0) is 32.7 Å². The van der Waals surface area contributed by atoms with Crippen LogP contribution in [0.2, 0.25) is 0 Å². The van der Waals surface area contributed by atoms with Crippen molar-refractivity contribution in [1.82, 2.24) is 0 Å². The minimum absolute atomic E-state index is 0.0294. The SMILES string of the molecule is CCCC/C=C\C/C=C\CCCCCCCC(=O)OCC(COP(=O)(O)OCC[N+](C)(C)C)OC(=O)CCCCCCCCCCCCCCCCCCC/C=C\C/C=C\CCCCCCC. The molecule has 0 radical (unpaired) electrons. The Balaban J connectivity index is 4.09. The molecule has 0 saturated carbocycles. The van der Waals surface area contributed by atoms with Gasteiger partial charge in [-0.05, 0) is 70.6 Å². The van der Waals surface area contributed by atoms with Crippen LogP contribution >= 0.6 is 7.82 Å². The summed E-state index contributed by atoms with van der Waals surface area (Å²) < 4.78 is 34.5. The first-order valence-electron chi connectivity index (χ1n) is 27.9. The second-order valence-corrected chi connectivity index (χ2v) is 21.4. The molecule has 1 N–H and O–H groups in total. The van der Waals surface area contributed by atoms with Crippen molar-refractivity contribution in [2.24, 2.45) is 0 Å². The first kappa shape index (κ1) is 65.0. The van der Waals surface area contributed by atoms with Crippen LogP contribution in [0.4, 0.5) is 0 Å². The average molecular weight is 965 g/mol. The minimum atomic E-state index is -4.38. The number of ether oxygens (including phenoxy) is 2. The molecule has 392 valence electrons. The van der Waals surface area contributed by atoms with Crippen LogP contribution in [0.25, 0.3) is 0 Å². The lowest BCUT2D eigenvalue weighted by Gasteiger charge is -2.24. The van der Waals surface area contributed by atoms with Gasteiger partial charge in [-0.15, -0.1) is 0 Å². The number of likely N-dealkylation sites (N-methyl/N-ethyl adjacent to an activating group) is 1. The van der Waals surface area contributed by atoms with Crippen LogP contribution in [-0.4, -0.2) is 74.9 Å². The van der Waals surface area contributed by atoms with Crippen LogP contribution in [0, 0.1) is 0 Å². The third-order valence-corrected chi connectivity index (χ3v) is 13.1. The first-order chi connectivity index (χ1) is 32.5. The Morgan fingerprint density at radius 1 is 0.463 bits per heavy atom. The summed E-state index contributed by atoms with van der Waals surface area (Å²) in [5, 5.41) is 0. The van der Waals surface area contributed by atoms with Crippen LogP contribution in [0.5, 0.6) is 0 Å². The second kappa shape index (κ2) is 49.0. The van der Waals surface area contributed by atoms with Gasteiger partial charge in [-0.1, -0.05) is 217 Å². The van der Waals surface area contributed by atoms with E-state index < -0.39 is 26.5 Å². The van der Waals surface area contributed by atoms with Crippen LogP contribution in [0.1, 0.15) is 251 Å². The molecule has 0 heterocycles. The van der Waals surface area contributed by atoms with E-state index in [1.165, 1.54) is 154 Å². The zero-order valence-electron chi connectivity index (χ0n) is 44.4. The lowest BCUT2D eigenvalue weighted by atomic mass is 10.0. The third kappa shape index (κ3) is 53.2. The van der Waals surface area contributed by atoms with Gasteiger partial charge < -0.3 is 18.9 Å². The molecule has 0 aliphatic rings. The Kier molecular flexibility index (Phi) is 47.5. The van der Waals surface area contributed by atoms with Crippen molar-refractivity contribution in [2.75, 3.05) is 47.5 Å². The number of phosphoric ester groups is 1. The topological polar surface area (TPSA) is 108 Å². The first-order valence-corrected chi connectivity index (χ1v) is 29.4. The van der Waals surface area contributed by atoms with E-state index in [0.717, 1.165) is 64.2 Å².